The van der Waals surface area contributed by atoms with Gasteiger partial charge in [0, 0.05) is 17.6 Å². The van der Waals surface area contributed by atoms with Crippen LogP contribution in [-0.4, -0.2) is 21.2 Å². The Labute approximate surface area is 99.1 Å². The van der Waals surface area contributed by atoms with Gasteiger partial charge in [-0.05, 0) is 22.0 Å². The number of ether oxygens (including phenoxy) is 1. The lowest BCUT2D eigenvalue weighted by Crippen LogP contribution is -2.05. The third-order valence-electron chi connectivity index (χ3n) is 1.76. The molecule has 0 bridgehead atoms. The van der Waals surface area contributed by atoms with Crippen molar-refractivity contribution in [2.24, 2.45) is 0 Å². The number of hydrogen-bond acceptors (Lipinski definition) is 5. The molecule has 2 aromatic heterocycles. The lowest BCUT2D eigenvalue weighted by Gasteiger charge is -1.98. The number of esters is 1. The van der Waals surface area contributed by atoms with Gasteiger partial charge in [0.1, 0.15) is 5.69 Å². The first-order valence-corrected chi connectivity index (χ1v) is 5.24. The van der Waals surface area contributed by atoms with Gasteiger partial charge in [-0.3, -0.25) is 0 Å². The number of halogens is 1. The highest BCUT2D eigenvalue weighted by atomic mass is 79.9. The highest BCUT2D eigenvalue weighted by molar-refractivity contribution is 9.10. The Morgan fingerprint density at radius 3 is 3.00 bits per heavy atom. The van der Waals surface area contributed by atoms with Gasteiger partial charge in [0.25, 0.3) is 5.89 Å². The van der Waals surface area contributed by atoms with Crippen LogP contribution in [0.15, 0.2) is 21.2 Å². The van der Waals surface area contributed by atoms with Crippen molar-refractivity contribution in [1.29, 1.82) is 0 Å². The number of aryl methyl sites for hydroxylation is 1. The lowest BCUT2D eigenvalue weighted by atomic mass is 10.4. The fourth-order valence-electron chi connectivity index (χ4n) is 1.09. The van der Waals surface area contributed by atoms with E-state index in [0.29, 0.717) is 11.6 Å². The summed E-state index contributed by atoms with van der Waals surface area (Å²) >= 11 is 3.22. The first-order chi connectivity index (χ1) is 7.65. The SMILES string of the molecule is Cc1nnc(COC(=O)c2cc(Br)c[nH]2)o1. The van der Waals surface area contributed by atoms with Crippen LogP contribution in [-0.2, 0) is 11.3 Å². The average molecular weight is 286 g/mol. The standard InChI is InChI=1S/C9H8BrN3O3/c1-5-12-13-8(16-5)4-15-9(14)7-2-6(10)3-11-7/h2-3,11H,4H2,1H3. The molecule has 0 atom stereocenters. The summed E-state index contributed by atoms with van der Waals surface area (Å²) in [4.78, 5) is 14.2. The van der Waals surface area contributed by atoms with Gasteiger partial charge in [0.05, 0.1) is 0 Å². The van der Waals surface area contributed by atoms with Crippen LogP contribution in [0.2, 0.25) is 0 Å². The van der Waals surface area contributed by atoms with Crippen LogP contribution in [0.25, 0.3) is 0 Å². The second-order valence-electron chi connectivity index (χ2n) is 3.02. The largest absolute Gasteiger partial charge is 0.451 e. The molecule has 0 unspecified atom stereocenters. The van der Waals surface area contributed by atoms with Crippen molar-refractivity contribution in [2.75, 3.05) is 0 Å². The number of aromatic nitrogens is 3. The highest BCUT2D eigenvalue weighted by Crippen LogP contribution is 2.12. The molecule has 84 valence electrons. The fraction of sp³-hybridized carbons (Fsp3) is 0.222. The maximum Gasteiger partial charge on any atom is 0.355 e. The number of nitrogens with one attached hydrogen (secondary N) is 1. The molecule has 2 rings (SSSR count). The first kappa shape index (κ1) is 10.9. The maximum absolute atomic E-state index is 11.5. The Hall–Kier alpha value is -1.63. The predicted molar refractivity (Wildman–Crippen MR) is 56.6 cm³/mol. The van der Waals surface area contributed by atoms with Crippen molar-refractivity contribution in [3.63, 3.8) is 0 Å². The Bertz CT molecular complexity index is 506. The molecule has 6 nitrogen and oxygen atoms in total. The minimum atomic E-state index is -0.471. The van der Waals surface area contributed by atoms with Gasteiger partial charge in [0.15, 0.2) is 6.61 Å². The van der Waals surface area contributed by atoms with Crippen molar-refractivity contribution >= 4 is 21.9 Å². The molecule has 0 spiro atoms. The number of H-pyrrole nitrogens is 1. The summed E-state index contributed by atoms with van der Waals surface area (Å²) in [6.45, 7) is 1.64. The van der Waals surface area contributed by atoms with E-state index in [1.807, 2.05) is 0 Å². The second-order valence-corrected chi connectivity index (χ2v) is 3.94. The number of rotatable bonds is 3. The minimum absolute atomic E-state index is 0.0314. The van der Waals surface area contributed by atoms with E-state index >= 15 is 0 Å². The van der Waals surface area contributed by atoms with Gasteiger partial charge < -0.3 is 14.1 Å². The third kappa shape index (κ3) is 2.48. The van der Waals surface area contributed by atoms with E-state index in [0.717, 1.165) is 4.47 Å². The molecule has 2 heterocycles. The molecule has 0 aromatic carbocycles. The zero-order chi connectivity index (χ0) is 11.5. The third-order valence-corrected chi connectivity index (χ3v) is 2.22. The number of hydrogen-bond donors (Lipinski definition) is 1. The number of carbonyl (C=O) groups excluding carboxylic acids is 1. The topological polar surface area (TPSA) is 81.0 Å². The molecule has 1 N–H and O–H groups in total. The van der Waals surface area contributed by atoms with Crippen molar-refractivity contribution in [1.82, 2.24) is 15.2 Å². The summed E-state index contributed by atoms with van der Waals surface area (Å²) in [5.41, 5.74) is 0.364. The summed E-state index contributed by atoms with van der Waals surface area (Å²) in [6, 6.07) is 1.63. The van der Waals surface area contributed by atoms with Gasteiger partial charge in [-0.1, -0.05) is 0 Å². The Morgan fingerprint density at radius 1 is 1.62 bits per heavy atom. The molecule has 0 radical (unpaired) electrons. The van der Waals surface area contributed by atoms with E-state index in [1.165, 1.54) is 0 Å². The average Bonchev–Trinajstić information content (AvgIpc) is 2.84. The van der Waals surface area contributed by atoms with Crippen LogP contribution in [0.5, 0.6) is 0 Å². The molecule has 7 heteroatoms. The van der Waals surface area contributed by atoms with Crippen molar-refractivity contribution in [3.05, 3.63) is 34.2 Å². The molecular formula is C9H8BrN3O3. The molecule has 0 amide bonds. The molecule has 0 aliphatic heterocycles. The normalized spacial score (nSPS) is 10.4. The summed E-state index contributed by atoms with van der Waals surface area (Å²) in [7, 11) is 0. The fourth-order valence-corrected chi connectivity index (χ4v) is 1.43. The molecule has 0 aliphatic carbocycles. The number of aromatic amines is 1. The van der Waals surface area contributed by atoms with Gasteiger partial charge >= 0.3 is 5.97 Å². The van der Waals surface area contributed by atoms with Crippen LogP contribution in [0, 0.1) is 6.92 Å². The van der Waals surface area contributed by atoms with Gasteiger partial charge in [-0.25, -0.2) is 4.79 Å². The second kappa shape index (κ2) is 4.48. The van der Waals surface area contributed by atoms with Crippen LogP contribution < -0.4 is 0 Å². The van der Waals surface area contributed by atoms with E-state index in [2.05, 4.69) is 31.1 Å². The highest BCUT2D eigenvalue weighted by Gasteiger charge is 2.11. The van der Waals surface area contributed by atoms with Crippen molar-refractivity contribution in [3.8, 4) is 0 Å². The molecule has 0 saturated carbocycles. The molecule has 0 fully saturated rings. The van der Waals surface area contributed by atoms with Crippen molar-refractivity contribution in [2.45, 2.75) is 13.5 Å². The van der Waals surface area contributed by atoms with Crippen LogP contribution in [0.1, 0.15) is 22.3 Å². The summed E-state index contributed by atoms with van der Waals surface area (Å²) in [6.07, 6.45) is 1.65. The quantitative estimate of drug-likeness (QED) is 0.870. The van der Waals surface area contributed by atoms with E-state index in [-0.39, 0.29) is 12.5 Å². The Kier molecular flexibility index (Phi) is 3.04. The minimum Gasteiger partial charge on any atom is -0.451 e. The van der Waals surface area contributed by atoms with Gasteiger partial charge in [-0.15, -0.1) is 10.2 Å². The smallest absolute Gasteiger partial charge is 0.355 e. The van der Waals surface area contributed by atoms with Crippen molar-refractivity contribution < 1.29 is 13.9 Å². The van der Waals surface area contributed by atoms with E-state index < -0.39 is 5.97 Å². The van der Waals surface area contributed by atoms with Crippen LogP contribution >= 0.6 is 15.9 Å². The molecule has 16 heavy (non-hydrogen) atoms. The van der Waals surface area contributed by atoms with E-state index in [1.54, 1.807) is 19.2 Å². The first-order valence-electron chi connectivity index (χ1n) is 4.45. The predicted octanol–water partition coefficient (Wildman–Crippen LogP) is 1.83. The van der Waals surface area contributed by atoms with E-state index in [4.69, 9.17) is 9.15 Å². The van der Waals surface area contributed by atoms with Gasteiger partial charge in [0.2, 0.25) is 5.89 Å². The number of nitrogens with zero attached hydrogens (tertiary/aromatic N) is 2. The summed E-state index contributed by atoms with van der Waals surface area (Å²) in [5.74, 6) is 0.242. The zero-order valence-electron chi connectivity index (χ0n) is 8.36. The van der Waals surface area contributed by atoms with E-state index in [9.17, 15) is 4.79 Å². The molecule has 2 aromatic rings. The monoisotopic (exact) mass is 285 g/mol. The maximum atomic E-state index is 11.5. The summed E-state index contributed by atoms with van der Waals surface area (Å²) in [5, 5.41) is 7.32. The number of carbonyl (C=O) groups is 1. The molecule has 0 saturated heterocycles. The van der Waals surface area contributed by atoms with Crippen LogP contribution in [0.3, 0.4) is 0 Å². The van der Waals surface area contributed by atoms with Gasteiger partial charge in [-0.2, -0.15) is 0 Å². The molecular weight excluding hydrogens is 278 g/mol. The zero-order valence-corrected chi connectivity index (χ0v) is 9.94. The van der Waals surface area contributed by atoms with Crippen LogP contribution in [0.4, 0.5) is 0 Å². The lowest BCUT2D eigenvalue weighted by molar-refractivity contribution is 0.0430. The molecule has 0 aliphatic rings. The Balaban J connectivity index is 1.93. The Morgan fingerprint density at radius 2 is 2.44 bits per heavy atom. The summed E-state index contributed by atoms with van der Waals surface area (Å²) < 4.78 is 10.8.